The van der Waals surface area contributed by atoms with E-state index in [1.165, 1.54) is 6.26 Å². The highest BCUT2D eigenvalue weighted by atomic mass is 16.3. The zero-order valence-corrected chi connectivity index (χ0v) is 9.28. The van der Waals surface area contributed by atoms with E-state index in [9.17, 15) is 4.79 Å². The lowest BCUT2D eigenvalue weighted by molar-refractivity contribution is 0.101. The summed E-state index contributed by atoms with van der Waals surface area (Å²) in [5, 5.41) is 0. The maximum Gasteiger partial charge on any atom is 0.228 e. The molecule has 1 aromatic carbocycles. The van der Waals surface area contributed by atoms with Crippen molar-refractivity contribution in [3.63, 3.8) is 0 Å². The van der Waals surface area contributed by atoms with Crippen LogP contribution in [0, 0.1) is 13.8 Å². The van der Waals surface area contributed by atoms with E-state index in [-0.39, 0.29) is 5.78 Å². The van der Waals surface area contributed by atoms with Crippen molar-refractivity contribution < 1.29 is 9.21 Å². The number of nitrogens with two attached hydrogens (primary N) is 1. The van der Waals surface area contributed by atoms with Gasteiger partial charge in [0.15, 0.2) is 5.76 Å². The first-order valence-corrected chi connectivity index (χ1v) is 5.04. The zero-order chi connectivity index (χ0) is 11.7. The minimum atomic E-state index is -0.130. The van der Waals surface area contributed by atoms with Gasteiger partial charge in [0, 0.05) is 11.3 Å². The van der Waals surface area contributed by atoms with E-state index in [0.29, 0.717) is 17.0 Å². The van der Waals surface area contributed by atoms with Crippen LogP contribution < -0.4 is 5.73 Å². The molecule has 0 saturated heterocycles. The molecule has 0 spiro atoms. The molecule has 1 heterocycles. The molecule has 3 heteroatoms. The highest BCUT2D eigenvalue weighted by molar-refractivity contribution is 6.08. The third-order valence-corrected chi connectivity index (χ3v) is 2.60. The number of rotatable bonds is 2. The molecule has 0 aliphatic rings. The van der Waals surface area contributed by atoms with Crippen molar-refractivity contribution in [1.82, 2.24) is 0 Å². The van der Waals surface area contributed by atoms with Crippen LogP contribution in [0.4, 0.5) is 5.69 Å². The Morgan fingerprint density at radius 2 is 2.00 bits per heavy atom. The average molecular weight is 215 g/mol. The summed E-state index contributed by atoms with van der Waals surface area (Å²) in [6.45, 7) is 3.81. The summed E-state index contributed by atoms with van der Waals surface area (Å²) in [7, 11) is 0. The molecule has 16 heavy (non-hydrogen) atoms. The summed E-state index contributed by atoms with van der Waals surface area (Å²) in [5.74, 6) is 0.209. The monoisotopic (exact) mass is 215 g/mol. The van der Waals surface area contributed by atoms with Crippen LogP contribution in [0.15, 0.2) is 34.9 Å². The van der Waals surface area contributed by atoms with Gasteiger partial charge in [-0.15, -0.1) is 0 Å². The van der Waals surface area contributed by atoms with Gasteiger partial charge in [-0.1, -0.05) is 6.07 Å². The van der Waals surface area contributed by atoms with Crippen LogP contribution in [0.25, 0.3) is 0 Å². The van der Waals surface area contributed by atoms with Gasteiger partial charge in [-0.3, -0.25) is 4.79 Å². The van der Waals surface area contributed by atoms with E-state index in [1.807, 2.05) is 19.9 Å². The van der Waals surface area contributed by atoms with Gasteiger partial charge in [-0.2, -0.15) is 0 Å². The fourth-order valence-electron chi connectivity index (χ4n) is 1.65. The van der Waals surface area contributed by atoms with E-state index in [4.69, 9.17) is 10.2 Å². The Morgan fingerprint density at radius 3 is 2.62 bits per heavy atom. The van der Waals surface area contributed by atoms with Crippen molar-refractivity contribution in [3.05, 3.63) is 53.0 Å². The van der Waals surface area contributed by atoms with Gasteiger partial charge in [0.25, 0.3) is 0 Å². The molecule has 0 unspecified atom stereocenters. The number of hydrogen-bond acceptors (Lipinski definition) is 3. The maximum atomic E-state index is 12.0. The summed E-state index contributed by atoms with van der Waals surface area (Å²) < 4.78 is 5.08. The molecule has 0 radical (unpaired) electrons. The van der Waals surface area contributed by atoms with Gasteiger partial charge in [0.2, 0.25) is 5.78 Å². The average Bonchev–Trinajstić information content (AvgIpc) is 2.75. The van der Waals surface area contributed by atoms with Crippen LogP contribution >= 0.6 is 0 Å². The second-order valence-corrected chi connectivity index (χ2v) is 3.83. The lowest BCUT2D eigenvalue weighted by atomic mass is 9.99. The maximum absolute atomic E-state index is 12.0. The number of carbonyl (C=O) groups excluding carboxylic acids is 1. The Hall–Kier alpha value is -2.03. The van der Waals surface area contributed by atoms with Gasteiger partial charge >= 0.3 is 0 Å². The molecule has 0 bridgehead atoms. The van der Waals surface area contributed by atoms with Gasteiger partial charge in [-0.05, 0) is 43.2 Å². The van der Waals surface area contributed by atoms with Crippen molar-refractivity contribution >= 4 is 11.5 Å². The van der Waals surface area contributed by atoms with E-state index in [1.54, 1.807) is 18.2 Å². The van der Waals surface area contributed by atoms with Crippen LogP contribution in [0.2, 0.25) is 0 Å². The Morgan fingerprint density at radius 1 is 1.25 bits per heavy atom. The molecule has 0 aliphatic heterocycles. The van der Waals surface area contributed by atoms with Crippen LogP contribution in [0.3, 0.4) is 0 Å². The first-order valence-electron chi connectivity index (χ1n) is 5.04. The topological polar surface area (TPSA) is 56.2 Å². The van der Waals surface area contributed by atoms with Gasteiger partial charge < -0.3 is 10.2 Å². The first kappa shape index (κ1) is 10.5. The Balaban J connectivity index is 2.49. The largest absolute Gasteiger partial charge is 0.461 e. The number of anilines is 1. The van der Waals surface area contributed by atoms with E-state index in [2.05, 4.69) is 0 Å². The standard InChI is InChI=1S/C13H13NO2/c1-8-6-9(2)11(14)7-10(8)13(15)12-4-3-5-16-12/h3-7H,14H2,1-2H3. The summed E-state index contributed by atoms with van der Waals surface area (Å²) in [6.07, 6.45) is 1.49. The highest BCUT2D eigenvalue weighted by Gasteiger charge is 2.15. The number of carbonyl (C=O) groups is 1. The van der Waals surface area contributed by atoms with Gasteiger partial charge in [0.1, 0.15) is 0 Å². The molecule has 0 saturated carbocycles. The number of aryl methyl sites for hydroxylation is 2. The third-order valence-electron chi connectivity index (χ3n) is 2.60. The minimum absolute atomic E-state index is 0.130. The van der Waals surface area contributed by atoms with Crippen molar-refractivity contribution in [2.45, 2.75) is 13.8 Å². The Kier molecular flexibility index (Phi) is 2.52. The fraction of sp³-hybridized carbons (Fsp3) is 0.154. The summed E-state index contributed by atoms with van der Waals surface area (Å²) in [5.41, 5.74) is 8.91. The van der Waals surface area contributed by atoms with Crippen LogP contribution in [0.5, 0.6) is 0 Å². The van der Waals surface area contributed by atoms with Crippen molar-refractivity contribution in [3.8, 4) is 0 Å². The lowest BCUT2D eigenvalue weighted by Gasteiger charge is -2.07. The summed E-state index contributed by atoms with van der Waals surface area (Å²) in [4.78, 5) is 12.0. The van der Waals surface area contributed by atoms with Crippen molar-refractivity contribution in [2.24, 2.45) is 0 Å². The number of ketones is 1. The normalized spacial score (nSPS) is 10.4. The van der Waals surface area contributed by atoms with E-state index >= 15 is 0 Å². The number of nitrogen functional groups attached to an aromatic ring is 1. The first-order chi connectivity index (χ1) is 7.59. The molecule has 0 atom stereocenters. The molecule has 2 N–H and O–H groups in total. The number of hydrogen-bond donors (Lipinski definition) is 1. The van der Waals surface area contributed by atoms with Crippen LogP contribution in [0.1, 0.15) is 27.2 Å². The predicted octanol–water partition coefficient (Wildman–Crippen LogP) is 2.71. The molecule has 2 rings (SSSR count). The summed E-state index contributed by atoms with van der Waals surface area (Å²) >= 11 is 0. The quantitative estimate of drug-likeness (QED) is 0.619. The molecule has 0 aliphatic carbocycles. The SMILES string of the molecule is Cc1cc(C)c(C(=O)c2ccco2)cc1N. The second kappa shape index (κ2) is 3.85. The van der Waals surface area contributed by atoms with Crippen molar-refractivity contribution in [1.29, 1.82) is 0 Å². The fourth-order valence-corrected chi connectivity index (χ4v) is 1.65. The van der Waals surface area contributed by atoms with Gasteiger partial charge in [-0.25, -0.2) is 0 Å². The molecular formula is C13H13NO2. The number of furan rings is 1. The molecule has 2 aromatic rings. The smallest absolute Gasteiger partial charge is 0.228 e. The van der Waals surface area contributed by atoms with Gasteiger partial charge in [0.05, 0.1) is 6.26 Å². The minimum Gasteiger partial charge on any atom is -0.461 e. The Labute approximate surface area is 93.9 Å². The highest BCUT2D eigenvalue weighted by Crippen LogP contribution is 2.20. The third kappa shape index (κ3) is 1.72. The molecule has 0 amide bonds. The van der Waals surface area contributed by atoms with Crippen LogP contribution in [-0.4, -0.2) is 5.78 Å². The lowest BCUT2D eigenvalue weighted by Crippen LogP contribution is -2.04. The summed E-state index contributed by atoms with van der Waals surface area (Å²) in [6, 6.07) is 6.96. The Bertz CT molecular complexity index is 527. The molecule has 82 valence electrons. The number of benzene rings is 1. The molecular weight excluding hydrogens is 202 g/mol. The van der Waals surface area contributed by atoms with E-state index < -0.39 is 0 Å². The molecule has 0 fully saturated rings. The van der Waals surface area contributed by atoms with Crippen LogP contribution in [-0.2, 0) is 0 Å². The molecule has 3 nitrogen and oxygen atoms in total. The molecule has 1 aromatic heterocycles. The van der Waals surface area contributed by atoms with Crippen molar-refractivity contribution in [2.75, 3.05) is 5.73 Å². The van der Waals surface area contributed by atoms with E-state index in [0.717, 1.165) is 11.1 Å². The predicted molar refractivity (Wildman–Crippen MR) is 62.5 cm³/mol. The second-order valence-electron chi connectivity index (χ2n) is 3.83. The zero-order valence-electron chi connectivity index (χ0n) is 9.28.